The molecule has 0 aliphatic rings. The molecule has 2 aromatic rings. The van der Waals surface area contributed by atoms with Crippen LogP contribution in [-0.2, 0) is 13.1 Å². The van der Waals surface area contributed by atoms with Crippen LogP contribution in [0.1, 0.15) is 45.4 Å². The molecule has 104 valence electrons. The zero-order chi connectivity index (χ0) is 13.8. The maximum Gasteiger partial charge on any atom is 0.164 e. The summed E-state index contributed by atoms with van der Waals surface area (Å²) >= 11 is 0. The predicted molar refractivity (Wildman–Crippen MR) is 71.5 cm³/mol. The first kappa shape index (κ1) is 13.7. The Balaban J connectivity index is 2.01. The van der Waals surface area contributed by atoms with Crippen LogP contribution >= 0.6 is 0 Å². The molecule has 19 heavy (non-hydrogen) atoms. The van der Waals surface area contributed by atoms with Gasteiger partial charge in [-0.15, -0.1) is 0 Å². The summed E-state index contributed by atoms with van der Waals surface area (Å²) < 4.78 is 3.69. The average Bonchev–Trinajstić information content (AvgIpc) is 2.96. The molecule has 0 aromatic carbocycles. The quantitative estimate of drug-likeness (QED) is 0.841. The van der Waals surface area contributed by atoms with Gasteiger partial charge < -0.3 is 5.32 Å². The van der Waals surface area contributed by atoms with Gasteiger partial charge in [0.25, 0.3) is 0 Å². The molecule has 0 amide bonds. The van der Waals surface area contributed by atoms with Gasteiger partial charge >= 0.3 is 0 Å². The minimum atomic E-state index is 0.295. The van der Waals surface area contributed by atoms with E-state index in [4.69, 9.17) is 0 Å². The molecular formula is C12H21N7. The number of nitrogens with one attached hydrogen (secondary N) is 1. The molecule has 2 rings (SSSR count). The summed E-state index contributed by atoms with van der Waals surface area (Å²) in [5.41, 5.74) is 0. The van der Waals surface area contributed by atoms with Crippen molar-refractivity contribution < 1.29 is 0 Å². The highest BCUT2D eigenvalue weighted by Gasteiger charge is 2.09. The van der Waals surface area contributed by atoms with Gasteiger partial charge in [-0.3, -0.25) is 0 Å². The molecule has 7 heteroatoms. The topological polar surface area (TPSA) is 73.5 Å². The molecule has 0 aliphatic carbocycles. The highest BCUT2D eigenvalue weighted by Crippen LogP contribution is 2.06. The van der Waals surface area contributed by atoms with E-state index in [1.54, 1.807) is 17.3 Å². The first-order valence-electron chi connectivity index (χ1n) is 6.56. The molecule has 7 nitrogen and oxygen atoms in total. The van der Waals surface area contributed by atoms with Gasteiger partial charge in [0.05, 0.1) is 6.54 Å². The normalized spacial score (nSPS) is 11.7. The highest BCUT2D eigenvalue weighted by molar-refractivity contribution is 4.89. The Labute approximate surface area is 113 Å². The zero-order valence-electron chi connectivity index (χ0n) is 11.9. The number of hydrogen-bond donors (Lipinski definition) is 1. The first-order chi connectivity index (χ1) is 9.06. The minimum Gasteiger partial charge on any atom is -0.308 e. The fourth-order valence-corrected chi connectivity index (χ4v) is 1.75. The van der Waals surface area contributed by atoms with E-state index >= 15 is 0 Å². The molecule has 0 aliphatic heterocycles. The van der Waals surface area contributed by atoms with Gasteiger partial charge in [0.15, 0.2) is 5.82 Å². The lowest BCUT2D eigenvalue weighted by Gasteiger charge is -2.08. The molecule has 0 fully saturated rings. The van der Waals surface area contributed by atoms with Crippen molar-refractivity contribution in [2.75, 3.05) is 0 Å². The van der Waals surface area contributed by atoms with Crippen molar-refractivity contribution in [1.29, 1.82) is 0 Å². The van der Waals surface area contributed by atoms with Gasteiger partial charge in [0.2, 0.25) is 0 Å². The molecular weight excluding hydrogens is 242 g/mol. The summed E-state index contributed by atoms with van der Waals surface area (Å²) in [6.07, 6.45) is 3.31. The number of aromatic nitrogens is 6. The zero-order valence-corrected chi connectivity index (χ0v) is 11.9. The Morgan fingerprint density at radius 2 is 2.00 bits per heavy atom. The van der Waals surface area contributed by atoms with E-state index < -0.39 is 0 Å². The summed E-state index contributed by atoms with van der Waals surface area (Å²) in [5, 5.41) is 11.9. The van der Waals surface area contributed by atoms with E-state index in [2.05, 4.69) is 53.2 Å². The molecule has 2 aromatic heterocycles. The van der Waals surface area contributed by atoms with Crippen molar-refractivity contribution in [3.8, 4) is 0 Å². The second-order valence-electron chi connectivity index (χ2n) is 5.11. The standard InChI is InChI=1S/C12H21N7/c1-9(2)13-5-11-15-8-18(17-11)6-12-14-7-16-19(12)10(3)4/h7-10,13H,5-6H2,1-4H3. The Hall–Kier alpha value is -1.76. The van der Waals surface area contributed by atoms with E-state index in [1.165, 1.54) is 0 Å². The summed E-state index contributed by atoms with van der Waals surface area (Å²) in [4.78, 5) is 8.54. The van der Waals surface area contributed by atoms with Crippen molar-refractivity contribution in [3.05, 3.63) is 24.3 Å². The summed E-state index contributed by atoms with van der Waals surface area (Å²) in [7, 11) is 0. The van der Waals surface area contributed by atoms with E-state index in [9.17, 15) is 0 Å². The summed E-state index contributed by atoms with van der Waals surface area (Å²) in [6.45, 7) is 9.63. The third-order valence-electron chi connectivity index (χ3n) is 2.69. The monoisotopic (exact) mass is 263 g/mol. The Morgan fingerprint density at radius 3 is 2.68 bits per heavy atom. The second kappa shape index (κ2) is 5.92. The summed E-state index contributed by atoms with van der Waals surface area (Å²) in [5.74, 6) is 1.69. The van der Waals surface area contributed by atoms with Gasteiger partial charge in [-0.05, 0) is 13.8 Å². The molecule has 0 unspecified atom stereocenters. The van der Waals surface area contributed by atoms with E-state index in [0.717, 1.165) is 11.6 Å². The van der Waals surface area contributed by atoms with Crippen LogP contribution in [0.15, 0.2) is 12.7 Å². The van der Waals surface area contributed by atoms with Gasteiger partial charge in [-0.2, -0.15) is 10.2 Å². The Bertz CT molecular complexity index is 512. The fourth-order valence-electron chi connectivity index (χ4n) is 1.75. The lowest BCUT2D eigenvalue weighted by atomic mass is 10.4. The van der Waals surface area contributed by atoms with Crippen LogP contribution < -0.4 is 5.32 Å². The van der Waals surface area contributed by atoms with Crippen LogP contribution in [-0.4, -0.2) is 35.6 Å². The fraction of sp³-hybridized carbons (Fsp3) is 0.667. The first-order valence-corrected chi connectivity index (χ1v) is 6.56. The van der Waals surface area contributed by atoms with Crippen molar-refractivity contribution >= 4 is 0 Å². The van der Waals surface area contributed by atoms with Crippen LogP contribution in [0.4, 0.5) is 0 Å². The second-order valence-corrected chi connectivity index (χ2v) is 5.11. The highest BCUT2D eigenvalue weighted by atomic mass is 15.4. The molecule has 0 saturated heterocycles. The SMILES string of the molecule is CC(C)NCc1ncn(Cc2ncnn2C(C)C)n1. The van der Waals surface area contributed by atoms with Crippen molar-refractivity contribution in [3.63, 3.8) is 0 Å². The van der Waals surface area contributed by atoms with Crippen molar-refractivity contribution in [1.82, 2.24) is 34.8 Å². The van der Waals surface area contributed by atoms with E-state index in [0.29, 0.717) is 25.2 Å². The van der Waals surface area contributed by atoms with E-state index in [-0.39, 0.29) is 0 Å². The molecule has 0 radical (unpaired) electrons. The van der Waals surface area contributed by atoms with Gasteiger partial charge in [0, 0.05) is 12.1 Å². The smallest absolute Gasteiger partial charge is 0.164 e. The third-order valence-corrected chi connectivity index (χ3v) is 2.69. The van der Waals surface area contributed by atoms with E-state index in [1.807, 2.05) is 4.68 Å². The molecule has 0 spiro atoms. The number of rotatable bonds is 6. The van der Waals surface area contributed by atoms with Gasteiger partial charge in [-0.1, -0.05) is 13.8 Å². The predicted octanol–water partition coefficient (Wildman–Crippen LogP) is 0.997. The molecule has 2 heterocycles. The van der Waals surface area contributed by atoms with Crippen LogP contribution in [0.3, 0.4) is 0 Å². The Kier molecular flexibility index (Phi) is 4.26. The lowest BCUT2D eigenvalue weighted by molar-refractivity contribution is 0.485. The maximum absolute atomic E-state index is 4.42. The van der Waals surface area contributed by atoms with Crippen molar-refractivity contribution in [2.45, 2.75) is 52.9 Å². The van der Waals surface area contributed by atoms with Crippen LogP contribution in [0.5, 0.6) is 0 Å². The largest absolute Gasteiger partial charge is 0.308 e. The Morgan fingerprint density at radius 1 is 1.21 bits per heavy atom. The van der Waals surface area contributed by atoms with Gasteiger partial charge in [-0.25, -0.2) is 19.3 Å². The molecule has 1 N–H and O–H groups in total. The van der Waals surface area contributed by atoms with Gasteiger partial charge in [0.1, 0.15) is 25.0 Å². The molecule has 0 atom stereocenters. The lowest BCUT2D eigenvalue weighted by Crippen LogP contribution is -2.22. The average molecular weight is 263 g/mol. The van der Waals surface area contributed by atoms with Crippen LogP contribution in [0.25, 0.3) is 0 Å². The maximum atomic E-state index is 4.42. The number of hydrogen-bond acceptors (Lipinski definition) is 5. The van der Waals surface area contributed by atoms with Crippen LogP contribution in [0, 0.1) is 0 Å². The summed E-state index contributed by atoms with van der Waals surface area (Å²) in [6, 6.07) is 0.721. The molecule has 0 saturated carbocycles. The minimum absolute atomic E-state index is 0.295. The van der Waals surface area contributed by atoms with Crippen LogP contribution in [0.2, 0.25) is 0 Å². The third kappa shape index (κ3) is 3.60. The number of nitrogens with zero attached hydrogens (tertiary/aromatic N) is 6. The van der Waals surface area contributed by atoms with Crippen molar-refractivity contribution in [2.24, 2.45) is 0 Å². The molecule has 0 bridgehead atoms.